The van der Waals surface area contributed by atoms with Crippen LogP contribution in [0.2, 0.25) is 0 Å². The van der Waals surface area contributed by atoms with Gasteiger partial charge in [-0.15, -0.1) is 0 Å². The van der Waals surface area contributed by atoms with Crippen LogP contribution in [0, 0.1) is 0 Å². The van der Waals surface area contributed by atoms with Gasteiger partial charge >= 0.3 is 0 Å². The lowest BCUT2D eigenvalue weighted by Crippen LogP contribution is -2.58. The van der Waals surface area contributed by atoms with Crippen LogP contribution in [0.5, 0.6) is 0 Å². The summed E-state index contributed by atoms with van der Waals surface area (Å²) < 4.78 is 0. The molecule has 3 amide bonds. The van der Waals surface area contributed by atoms with Gasteiger partial charge in [-0.2, -0.15) is 0 Å². The maximum atomic E-state index is 13.8. The van der Waals surface area contributed by atoms with Gasteiger partial charge in [0.25, 0.3) is 0 Å². The van der Waals surface area contributed by atoms with Crippen molar-refractivity contribution in [3.63, 3.8) is 0 Å². The summed E-state index contributed by atoms with van der Waals surface area (Å²) in [5.41, 5.74) is 8.92. The first-order chi connectivity index (χ1) is 17.6. The molecule has 37 heavy (non-hydrogen) atoms. The average Bonchev–Trinajstić information content (AvgIpc) is 3.43. The van der Waals surface area contributed by atoms with Gasteiger partial charge in [-0.25, -0.2) is 0 Å². The Balaban J connectivity index is 1.36. The fourth-order valence-electron chi connectivity index (χ4n) is 5.78. The van der Waals surface area contributed by atoms with Crippen LogP contribution >= 0.6 is 0 Å². The maximum Gasteiger partial charge on any atom is 0.245 e. The number of nitrogens with one attached hydrogen (secondary N) is 2. The molecular formula is C29H35N5O3. The van der Waals surface area contributed by atoms with Crippen LogP contribution in [0.1, 0.15) is 44.7 Å². The Morgan fingerprint density at radius 2 is 1.76 bits per heavy atom. The summed E-state index contributed by atoms with van der Waals surface area (Å²) in [6.07, 6.45) is 3.79. The largest absolute Gasteiger partial charge is 0.361 e. The van der Waals surface area contributed by atoms with Crippen molar-refractivity contribution in [3.05, 3.63) is 65.9 Å². The highest BCUT2D eigenvalue weighted by atomic mass is 16.2. The molecule has 0 unspecified atom stereocenters. The van der Waals surface area contributed by atoms with Gasteiger partial charge in [0, 0.05) is 61.2 Å². The van der Waals surface area contributed by atoms with E-state index in [9.17, 15) is 14.4 Å². The Hall–Kier alpha value is -3.65. The highest BCUT2D eigenvalue weighted by Crippen LogP contribution is 2.47. The van der Waals surface area contributed by atoms with Crippen molar-refractivity contribution in [1.29, 1.82) is 0 Å². The zero-order valence-electron chi connectivity index (χ0n) is 21.7. The topological polar surface area (TPSA) is 112 Å². The Kier molecular flexibility index (Phi) is 6.31. The number of carbonyl (C=O) groups is 3. The number of hydrogen-bond acceptors (Lipinski definition) is 4. The van der Waals surface area contributed by atoms with E-state index in [-0.39, 0.29) is 23.1 Å². The number of aromatic nitrogens is 1. The number of piperidine rings is 1. The van der Waals surface area contributed by atoms with E-state index in [0.717, 1.165) is 35.0 Å². The summed E-state index contributed by atoms with van der Waals surface area (Å²) in [6.45, 7) is 6.64. The number of nitrogens with two attached hydrogens (primary N) is 1. The molecule has 194 valence electrons. The van der Waals surface area contributed by atoms with Crippen molar-refractivity contribution in [1.82, 2.24) is 15.2 Å². The van der Waals surface area contributed by atoms with Crippen molar-refractivity contribution in [2.45, 2.75) is 57.0 Å². The summed E-state index contributed by atoms with van der Waals surface area (Å²) in [6, 6.07) is 15.3. The number of amides is 3. The second-order valence-electron chi connectivity index (χ2n) is 11.0. The van der Waals surface area contributed by atoms with E-state index >= 15 is 0 Å². The summed E-state index contributed by atoms with van der Waals surface area (Å²) >= 11 is 0. The fraction of sp³-hybridized carbons (Fsp3) is 0.414. The van der Waals surface area contributed by atoms with E-state index in [1.54, 1.807) is 20.8 Å². The highest BCUT2D eigenvalue weighted by molar-refractivity contribution is 5.95. The van der Waals surface area contributed by atoms with Crippen LogP contribution < -0.4 is 16.0 Å². The van der Waals surface area contributed by atoms with Gasteiger partial charge in [-0.05, 0) is 49.9 Å². The molecule has 5 rings (SSSR count). The number of H-pyrrole nitrogens is 1. The summed E-state index contributed by atoms with van der Waals surface area (Å²) in [4.78, 5) is 46.0. The number of anilines is 1. The lowest BCUT2D eigenvalue weighted by Gasteiger charge is -2.41. The molecule has 0 radical (unpaired) electrons. The van der Waals surface area contributed by atoms with Crippen LogP contribution in [0.4, 0.5) is 5.69 Å². The van der Waals surface area contributed by atoms with Gasteiger partial charge in [-0.1, -0.05) is 36.4 Å². The average molecular weight is 502 g/mol. The summed E-state index contributed by atoms with van der Waals surface area (Å²) in [5, 5.41) is 3.97. The Morgan fingerprint density at radius 1 is 1.08 bits per heavy atom. The van der Waals surface area contributed by atoms with Crippen molar-refractivity contribution < 1.29 is 14.4 Å². The predicted octanol–water partition coefficient (Wildman–Crippen LogP) is 2.86. The van der Waals surface area contributed by atoms with Crippen LogP contribution in [0.15, 0.2) is 54.7 Å². The zero-order valence-corrected chi connectivity index (χ0v) is 21.7. The Labute approximate surface area is 217 Å². The van der Waals surface area contributed by atoms with Gasteiger partial charge < -0.3 is 25.8 Å². The number of carbonyl (C=O) groups excluding carboxylic acids is 3. The quantitative estimate of drug-likeness (QED) is 0.499. The molecule has 3 heterocycles. The first kappa shape index (κ1) is 25.0. The SMILES string of the molecule is CC(=O)N1CC2(CCN(C(=O)[C@@H](Cc3c[nH]c4ccccc34)NC(=O)C(C)(C)N)CC2)c2ccccc21. The van der Waals surface area contributed by atoms with E-state index in [0.29, 0.717) is 26.1 Å². The summed E-state index contributed by atoms with van der Waals surface area (Å²) in [5.74, 6) is -0.429. The van der Waals surface area contributed by atoms with Crippen molar-refractivity contribution >= 4 is 34.3 Å². The molecule has 0 saturated carbocycles. The third-order valence-electron chi connectivity index (χ3n) is 7.93. The van der Waals surface area contributed by atoms with E-state index < -0.39 is 11.6 Å². The van der Waals surface area contributed by atoms with Gasteiger partial charge in [0.1, 0.15) is 6.04 Å². The van der Waals surface area contributed by atoms with Crippen molar-refractivity contribution in [2.24, 2.45) is 5.73 Å². The molecule has 1 aromatic heterocycles. The Morgan fingerprint density at radius 3 is 2.46 bits per heavy atom. The monoisotopic (exact) mass is 501 g/mol. The molecule has 1 fully saturated rings. The van der Waals surface area contributed by atoms with E-state index in [2.05, 4.69) is 16.4 Å². The first-order valence-corrected chi connectivity index (χ1v) is 12.9. The number of benzene rings is 2. The van der Waals surface area contributed by atoms with Gasteiger partial charge in [0.15, 0.2) is 0 Å². The van der Waals surface area contributed by atoms with Crippen molar-refractivity contribution in [2.75, 3.05) is 24.5 Å². The maximum absolute atomic E-state index is 13.8. The third-order valence-corrected chi connectivity index (χ3v) is 7.93. The number of nitrogens with zero attached hydrogens (tertiary/aromatic N) is 2. The number of rotatable bonds is 5. The number of fused-ring (bicyclic) bond motifs is 3. The number of aromatic amines is 1. The first-order valence-electron chi connectivity index (χ1n) is 12.9. The molecule has 8 nitrogen and oxygen atoms in total. The predicted molar refractivity (Wildman–Crippen MR) is 144 cm³/mol. The van der Waals surface area contributed by atoms with Gasteiger partial charge in [-0.3, -0.25) is 14.4 Å². The Bertz CT molecular complexity index is 1350. The van der Waals surface area contributed by atoms with E-state index in [1.807, 2.05) is 58.5 Å². The lowest BCUT2D eigenvalue weighted by atomic mass is 9.74. The molecule has 1 saturated heterocycles. The molecule has 3 aromatic rings. The van der Waals surface area contributed by atoms with E-state index in [4.69, 9.17) is 5.73 Å². The molecule has 1 spiro atoms. The number of para-hydroxylation sites is 2. The molecule has 2 aliphatic heterocycles. The van der Waals surface area contributed by atoms with Crippen molar-refractivity contribution in [3.8, 4) is 0 Å². The second-order valence-corrected chi connectivity index (χ2v) is 11.0. The van der Waals surface area contributed by atoms with Gasteiger partial charge in [0.05, 0.1) is 5.54 Å². The molecule has 8 heteroatoms. The number of hydrogen-bond donors (Lipinski definition) is 3. The molecule has 0 bridgehead atoms. The minimum atomic E-state index is -1.10. The van der Waals surface area contributed by atoms with Crippen LogP contribution in [0.3, 0.4) is 0 Å². The molecular weight excluding hydrogens is 466 g/mol. The number of likely N-dealkylation sites (tertiary alicyclic amines) is 1. The third kappa shape index (κ3) is 4.62. The highest BCUT2D eigenvalue weighted by Gasteiger charge is 2.46. The van der Waals surface area contributed by atoms with Gasteiger partial charge in [0.2, 0.25) is 17.7 Å². The minimum absolute atomic E-state index is 0.0359. The zero-order chi connectivity index (χ0) is 26.4. The summed E-state index contributed by atoms with van der Waals surface area (Å²) in [7, 11) is 0. The lowest BCUT2D eigenvalue weighted by molar-refractivity contribution is -0.138. The molecule has 2 aliphatic rings. The van der Waals surface area contributed by atoms with Crippen LogP contribution in [-0.4, -0.2) is 58.8 Å². The molecule has 4 N–H and O–H groups in total. The molecule has 2 aromatic carbocycles. The minimum Gasteiger partial charge on any atom is -0.361 e. The van der Waals surface area contributed by atoms with Crippen LogP contribution in [-0.2, 0) is 26.2 Å². The van der Waals surface area contributed by atoms with E-state index in [1.165, 1.54) is 5.56 Å². The standard InChI is InChI=1S/C29H35N5O3/c1-19(35)34-18-29(22-9-5-7-11-25(22)34)12-14-33(15-13-29)26(36)24(32-27(37)28(2,3)30)16-20-17-31-23-10-6-4-8-21(20)23/h4-11,17,24,31H,12-16,18,30H2,1-3H3,(H,32,37)/t24-/m1/s1. The molecule has 0 aliphatic carbocycles. The smallest absolute Gasteiger partial charge is 0.245 e. The normalized spacial score (nSPS) is 17.6. The van der Waals surface area contributed by atoms with Crippen LogP contribution in [0.25, 0.3) is 10.9 Å². The molecule has 1 atom stereocenters. The second kappa shape index (κ2) is 9.34. The fourth-order valence-corrected chi connectivity index (χ4v) is 5.78.